The molecular formula is C60H77N7O6S. The van der Waals surface area contributed by atoms with Crippen LogP contribution < -0.4 is 26.6 Å². The van der Waals surface area contributed by atoms with Crippen LogP contribution in [0.25, 0.3) is 21.7 Å². The number of nitrogens with zero attached hydrogens (tertiary/aromatic N) is 2. The van der Waals surface area contributed by atoms with E-state index < -0.39 is 6.04 Å². The van der Waals surface area contributed by atoms with Crippen molar-refractivity contribution in [3.8, 4) is 11.8 Å². The van der Waals surface area contributed by atoms with Crippen LogP contribution in [0.3, 0.4) is 0 Å². The SMILES string of the molecule is CCC1CN(C(=O)c2cc3cc(NC(=O)c4ccc(NC(=O)C(CCCCN)NC(=O)CCCCCn5c(O)cc(SC(CC)(CC)C6CCCCCCC6)c5O)cc4)ccc3[nH]2)c2cc(C)c3ccccc3c21. The van der Waals surface area contributed by atoms with E-state index in [1.807, 2.05) is 23.1 Å². The highest BCUT2D eigenvalue weighted by Crippen LogP contribution is 2.52. The van der Waals surface area contributed by atoms with Crippen LogP contribution in [0, 0.1) is 12.8 Å². The molecule has 8 N–H and O–H groups in total. The standard InChI is InChI=1S/C60H77N7O6S/c1-5-40-38-67(51-34-39(4)46-22-15-16-23-47(46)55(40)51)58(72)50-36-42-35-45(30-31-48(42)64-50)63-56(70)41-26-28-44(29-27-41)62-57(71)49(24-17-18-32-61)65-53(68)25-14-11-19-33-66-54(69)37-52(59(66)73)74-60(6-2,7-3)43-20-12-9-8-10-13-21-43/h15-16,22-23,26-31,34-37,40,43,49,64,69,73H,5-14,17-21,24-25,32-33,38,61H2,1-4H3,(H,62,71)(H,63,70)(H,65,68). The smallest absolute Gasteiger partial charge is 0.274 e. The van der Waals surface area contributed by atoms with E-state index in [0.717, 1.165) is 46.3 Å². The summed E-state index contributed by atoms with van der Waals surface area (Å²) >= 11 is 1.74. The van der Waals surface area contributed by atoms with Crippen molar-refractivity contribution in [2.75, 3.05) is 28.6 Å². The molecule has 0 saturated heterocycles. The highest BCUT2D eigenvalue weighted by molar-refractivity contribution is 8.00. The highest BCUT2D eigenvalue weighted by Gasteiger charge is 2.38. The second-order valence-electron chi connectivity index (χ2n) is 20.7. The number of unbranched alkanes of at least 4 members (excludes halogenated alkanes) is 3. The average Bonchev–Trinajstić information content (AvgIpc) is 4.08. The fourth-order valence-electron chi connectivity index (χ4n) is 11.6. The van der Waals surface area contributed by atoms with E-state index in [4.69, 9.17) is 5.73 Å². The lowest BCUT2D eigenvalue weighted by molar-refractivity contribution is -0.126. The number of aryl methyl sites for hydroxylation is 1. The Morgan fingerprint density at radius 2 is 1.53 bits per heavy atom. The van der Waals surface area contributed by atoms with Crippen LogP contribution in [-0.4, -0.2) is 67.3 Å². The van der Waals surface area contributed by atoms with Crippen molar-refractivity contribution >= 4 is 74.1 Å². The molecule has 13 nitrogen and oxygen atoms in total. The summed E-state index contributed by atoms with van der Waals surface area (Å²) < 4.78 is 1.59. The summed E-state index contributed by atoms with van der Waals surface area (Å²) in [5.74, 6) is -0.0290. The van der Waals surface area contributed by atoms with Gasteiger partial charge in [-0.15, -0.1) is 11.8 Å². The number of aromatic nitrogens is 2. The van der Waals surface area contributed by atoms with E-state index >= 15 is 0 Å². The summed E-state index contributed by atoms with van der Waals surface area (Å²) in [6.07, 6.45) is 15.7. The monoisotopic (exact) mass is 1020 g/mol. The first-order valence-electron chi connectivity index (χ1n) is 27.4. The van der Waals surface area contributed by atoms with Gasteiger partial charge in [0.2, 0.25) is 17.7 Å². The molecule has 394 valence electrons. The first-order valence-corrected chi connectivity index (χ1v) is 28.2. The van der Waals surface area contributed by atoms with Crippen LogP contribution in [0.5, 0.6) is 11.8 Å². The van der Waals surface area contributed by atoms with Crippen molar-refractivity contribution < 1.29 is 29.4 Å². The van der Waals surface area contributed by atoms with Gasteiger partial charge in [-0.2, -0.15) is 0 Å². The molecule has 0 spiro atoms. The number of aromatic hydroxyl groups is 2. The van der Waals surface area contributed by atoms with E-state index in [0.29, 0.717) is 86.7 Å². The van der Waals surface area contributed by atoms with E-state index in [-0.39, 0.29) is 52.5 Å². The molecule has 2 atom stereocenters. The minimum absolute atomic E-state index is 0.0137. The maximum Gasteiger partial charge on any atom is 0.274 e. The number of nitrogens with one attached hydrogen (secondary N) is 4. The Kier molecular flexibility index (Phi) is 18.1. The van der Waals surface area contributed by atoms with Gasteiger partial charge in [0.25, 0.3) is 11.8 Å². The molecule has 1 fully saturated rings. The Morgan fingerprint density at radius 1 is 0.811 bits per heavy atom. The fourth-order valence-corrected chi connectivity index (χ4v) is 13.1. The lowest BCUT2D eigenvalue weighted by Gasteiger charge is -2.40. The van der Waals surface area contributed by atoms with Gasteiger partial charge in [0, 0.05) is 69.8 Å². The van der Waals surface area contributed by atoms with E-state index in [1.54, 1.807) is 52.7 Å². The predicted octanol–water partition coefficient (Wildman–Crippen LogP) is 13.1. The van der Waals surface area contributed by atoms with Gasteiger partial charge in [0.05, 0.1) is 4.90 Å². The molecular weight excluding hydrogens is 947 g/mol. The topological polar surface area (TPSA) is 195 Å². The number of amides is 4. The molecule has 2 aromatic heterocycles. The maximum absolute atomic E-state index is 14.1. The number of carbonyl (C=O) groups excluding carboxylic acids is 4. The molecule has 14 heteroatoms. The number of hydrogen-bond acceptors (Lipinski definition) is 8. The molecule has 0 radical (unpaired) electrons. The molecule has 4 amide bonds. The first-order chi connectivity index (χ1) is 35.9. The van der Waals surface area contributed by atoms with Gasteiger partial charge >= 0.3 is 0 Å². The van der Waals surface area contributed by atoms with Crippen molar-refractivity contribution in [3.63, 3.8) is 0 Å². The zero-order valence-electron chi connectivity index (χ0n) is 43.9. The van der Waals surface area contributed by atoms with Crippen LogP contribution in [0.15, 0.2) is 89.8 Å². The van der Waals surface area contributed by atoms with Gasteiger partial charge in [-0.05, 0) is 160 Å². The van der Waals surface area contributed by atoms with Gasteiger partial charge < -0.3 is 41.8 Å². The van der Waals surface area contributed by atoms with Crippen LogP contribution >= 0.6 is 11.8 Å². The Bertz CT molecular complexity index is 2910. The number of thioether (sulfide) groups is 1. The number of benzene rings is 4. The molecule has 0 bridgehead atoms. The molecule has 1 saturated carbocycles. The van der Waals surface area contributed by atoms with E-state index in [9.17, 15) is 29.4 Å². The zero-order valence-corrected chi connectivity index (χ0v) is 44.7. The Morgan fingerprint density at radius 3 is 2.24 bits per heavy atom. The third-order valence-electron chi connectivity index (χ3n) is 15.9. The average molecular weight is 1020 g/mol. The Hall–Kier alpha value is -6.25. The number of H-pyrrole nitrogens is 1. The number of aromatic amines is 1. The van der Waals surface area contributed by atoms with Crippen LogP contribution in [-0.2, 0) is 16.1 Å². The molecule has 2 unspecified atom stereocenters. The summed E-state index contributed by atoms with van der Waals surface area (Å²) in [6, 6.07) is 25.4. The van der Waals surface area contributed by atoms with E-state index in [1.165, 1.54) is 61.3 Å². The number of anilines is 3. The zero-order chi connectivity index (χ0) is 52.4. The molecule has 1 aliphatic carbocycles. The van der Waals surface area contributed by atoms with Crippen molar-refractivity contribution in [2.24, 2.45) is 11.7 Å². The first kappa shape index (κ1) is 54.0. The number of hydrogen-bond donors (Lipinski definition) is 7. The second kappa shape index (κ2) is 24.9. The molecule has 74 heavy (non-hydrogen) atoms. The van der Waals surface area contributed by atoms with Crippen LogP contribution in [0.2, 0.25) is 0 Å². The van der Waals surface area contributed by atoms with Gasteiger partial charge in [0.15, 0.2) is 5.88 Å². The van der Waals surface area contributed by atoms with Crippen molar-refractivity contribution in [1.29, 1.82) is 0 Å². The normalized spacial score (nSPS) is 15.7. The number of fused-ring (bicyclic) bond motifs is 4. The molecule has 6 aromatic rings. The summed E-state index contributed by atoms with van der Waals surface area (Å²) in [7, 11) is 0. The molecule has 8 rings (SSSR count). The summed E-state index contributed by atoms with van der Waals surface area (Å²) in [6.45, 7) is 10.3. The minimum Gasteiger partial charge on any atom is -0.494 e. The van der Waals surface area contributed by atoms with Crippen LogP contribution in [0.4, 0.5) is 17.1 Å². The summed E-state index contributed by atoms with van der Waals surface area (Å²) in [4.78, 5) is 60.3. The number of rotatable bonds is 22. The van der Waals surface area contributed by atoms with Gasteiger partial charge in [-0.3, -0.25) is 23.7 Å². The predicted molar refractivity (Wildman–Crippen MR) is 301 cm³/mol. The Labute approximate surface area is 440 Å². The van der Waals surface area contributed by atoms with Crippen molar-refractivity contribution in [1.82, 2.24) is 14.9 Å². The fraction of sp³-hybridized carbons (Fsp3) is 0.467. The van der Waals surface area contributed by atoms with Crippen molar-refractivity contribution in [3.05, 3.63) is 107 Å². The summed E-state index contributed by atoms with van der Waals surface area (Å²) in [5, 5.41) is 34.2. The largest absolute Gasteiger partial charge is 0.494 e. The highest BCUT2D eigenvalue weighted by atomic mass is 32.2. The number of nitrogens with two attached hydrogens (primary N) is 1. The van der Waals surface area contributed by atoms with Gasteiger partial charge in [0.1, 0.15) is 11.7 Å². The van der Waals surface area contributed by atoms with Crippen molar-refractivity contribution in [2.45, 2.75) is 165 Å². The maximum atomic E-state index is 14.1. The van der Waals surface area contributed by atoms with Gasteiger partial charge in [-0.25, -0.2) is 0 Å². The summed E-state index contributed by atoms with van der Waals surface area (Å²) in [5.41, 5.74) is 11.8. The minimum atomic E-state index is -0.773. The third-order valence-corrected chi connectivity index (χ3v) is 17.7. The van der Waals surface area contributed by atoms with Gasteiger partial charge in [-0.1, -0.05) is 83.6 Å². The quantitative estimate of drug-likeness (QED) is 0.0258. The lowest BCUT2D eigenvalue weighted by Crippen LogP contribution is -2.43. The number of carbonyl (C=O) groups is 4. The van der Waals surface area contributed by atoms with Crippen LogP contribution in [0.1, 0.15) is 168 Å². The molecule has 1 aliphatic heterocycles. The molecule has 4 aromatic carbocycles. The Balaban J connectivity index is 0.817. The third kappa shape index (κ3) is 12.3. The molecule has 2 aliphatic rings. The second-order valence-corrected chi connectivity index (χ2v) is 22.1. The lowest BCUT2D eigenvalue weighted by atomic mass is 9.78. The van der Waals surface area contributed by atoms with E-state index in [2.05, 4.69) is 79.0 Å². The molecule has 3 heterocycles.